The first-order chi connectivity index (χ1) is 10.4. The topological polar surface area (TPSA) is 35.5 Å². The van der Waals surface area contributed by atoms with E-state index in [2.05, 4.69) is 51.2 Å². The second kappa shape index (κ2) is 7.07. The lowest BCUT2D eigenvalue weighted by atomic mass is 9.93. The Kier molecular flexibility index (Phi) is 5.58. The summed E-state index contributed by atoms with van der Waals surface area (Å²) in [6.45, 7) is 9.51. The highest BCUT2D eigenvalue weighted by Gasteiger charge is 2.53. The SMILES string of the molecule is COC[C@@H]1O[C@H](C(C)C)[C@H](C=O)[C@H]1[Si](C)(C)c1ccccc1. The van der Waals surface area contributed by atoms with E-state index in [0.29, 0.717) is 12.5 Å². The summed E-state index contributed by atoms with van der Waals surface area (Å²) < 4.78 is 11.7. The molecule has 0 amide bonds. The summed E-state index contributed by atoms with van der Waals surface area (Å²) in [5, 5.41) is 1.38. The molecule has 0 bridgehead atoms. The van der Waals surface area contributed by atoms with Gasteiger partial charge in [0.1, 0.15) is 6.29 Å². The summed E-state index contributed by atoms with van der Waals surface area (Å²) in [7, 11) is -0.150. The van der Waals surface area contributed by atoms with Crippen molar-refractivity contribution in [3.8, 4) is 0 Å². The molecular formula is C18H28O3Si. The van der Waals surface area contributed by atoms with Gasteiger partial charge in [0.2, 0.25) is 0 Å². The lowest BCUT2D eigenvalue weighted by Gasteiger charge is -2.35. The second-order valence-electron chi connectivity index (χ2n) is 7.17. The summed E-state index contributed by atoms with van der Waals surface area (Å²) in [6.07, 6.45) is 1.13. The van der Waals surface area contributed by atoms with Gasteiger partial charge < -0.3 is 14.3 Å². The minimum Gasteiger partial charge on any atom is -0.382 e. The van der Waals surface area contributed by atoms with Crippen molar-refractivity contribution in [3.05, 3.63) is 30.3 Å². The number of hydrogen-bond acceptors (Lipinski definition) is 3. The highest BCUT2D eigenvalue weighted by atomic mass is 28.3. The van der Waals surface area contributed by atoms with Gasteiger partial charge in [-0.3, -0.25) is 0 Å². The summed E-state index contributed by atoms with van der Waals surface area (Å²) in [4.78, 5) is 11.9. The van der Waals surface area contributed by atoms with Crippen molar-refractivity contribution in [1.82, 2.24) is 0 Å². The molecule has 2 rings (SSSR count). The Bertz CT molecular complexity index is 486. The van der Waals surface area contributed by atoms with Crippen LogP contribution in [0.1, 0.15) is 13.8 Å². The Labute approximate surface area is 135 Å². The van der Waals surface area contributed by atoms with Gasteiger partial charge in [-0.25, -0.2) is 0 Å². The smallest absolute Gasteiger partial charge is 0.125 e. The van der Waals surface area contributed by atoms with E-state index in [1.54, 1.807) is 7.11 Å². The van der Waals surface area contributed by atoms with Crippen LogP contribution in [-0.2, 0) is 14.3 Å². The molecule has 0 N–H and O–H groups in total. The fourth-order valence-corrected chi connectivity index (χ4v) is 7.68. The van der Waals surface area contributed by atoms with Crippen LogP contribution in [0.2, 0.25) is 18.6 Å². The highest BCUT2D eigenvalue weighted by molar-refractivity contribution is 6.91. The maximum atomic E-state index is 11.9. The Morgan fingerprint density at radius 3 is 2.41 bits per heavy atom. The maximum Gasteiger partial charge on any atom is 0.125 e. The standard InChI is InChI=1S/C18H28O3Si/c1-13(2)17-15(11-19)18(16(21-17)12-20-3)22(4,5)14-9-7-6-8-10-14/h6-11,13,15-18H,12H2,1-5H3/t15-,16-,17+,18+/m0/s1. The van der Waals surface area contributed by atoms with Crippen LogP contribution in [0.25, 0.3) is 0 Å². The van der Waals surface area contributed by atoms with E-state index < -0.39 is 8.07 Å². The molecule has 0 radical (unpaired) electrons. The molecule has 1 aliphatic heterocycles. The molecule has 22 heavy (non-hydrogen) atoms. The van der Waals surface area contributed by atoms with Crippen LogP contribution in [0.15, 0.2) is 30.3 Å². The third-order valence-corrected chi connectivity index (χ3v) is 9.27. The molecule has 1 fully saturated rings. The quantitative estimate of drug-likeness (QED) is 0.597. The zero-order chi connectivity index (χ0) is 16.3. The van der Waals surface area contributed by atoms with Crippen molar-refractivity contribution >= 4 is 19.5 Å². The second-order valence-corrected chi connectivity index (χ2v) is 11.9. The lowest BCUT2D eigenvalue weighted by Crippen LogP contribution is -2.51. The summed E-state index contributed by atoms with van der Waals surface area (Å²) in [5.74, 6) is 0.294. The lowest BCUT2D eigenvalue weighted by molar-refractivity contribution is -0.113. The van der Waals surface area contributed by atoms with E-state index >= 15 is 0 Å². The van der Waals surface area contributed by atoms with Crippen LogP contribution in [0, 0.1) is 11.8 Å². The van der Waals surface area contributed by atoms with Gasteiger partial charge >= 0.3 is 0 Å². The molecular weight excluding hydrogens is 292 g/mol. The largest absolute Gasteiger partial charge is 0.382 e. The molecule has 1 heterocycles. The minimum atomic E-state index is -1.85. The molecule has 0 aromatic heterocycles. The van der Waals surface area contributed by atoms with Crippen LogP contribution < -0.4 is 5.19 Å². The van der Waals surface area contributed by atoms with Gasteiger partial charge in [-0.1, -0.05) is 62.5 Å². The number of ether oxygens (including phenoxy) is 2. The predicted octanol–water partition coefficient (Wildman–Crippen LogP) is 2.86. The molecule has 1 aromatic rings. The fraction of sp³-hybridized carbons (Fsp3) is 0.611. The zero-order valence-electron chi connectivity index (χ0n) is 14.3. The van der Waals surface area contributed by atoms with Crippen LogP contribution >= 0.6 is 0 Å². The van der Waals surface area contributed by atoms with E-state index in [0.717, 1.165) is 6.29 Å². The molecule has 122 valence electrons. The first-order valence-corrected chi connectivity index (χ1v) is 11.2. The van der Waals surface area contributed by atoms with Gasteiger partial charge in [-0.15, -0.1) is 0 Å². The van der Waals surface area contributed by atoms with E-state index in [-0.39, 0.29) is 23.7 Å². The zero-order valence-corrected chi connectivity index (χ0v) is 15.3. The number of hydrogen-bond donors (Lipinski definition) is 0. The molecule has 0 spiro atoms. The molecule has 4 atom stereocenters. The normalized spacial score (nSPS) is 29.0. The van der Waals surface area contributed by atoms with Crippen LogP contribution in [-0.4, -0.2) is 40.3 Å². The monoisotopic (exact) mass is 320 g/mol. The van der Waals surface area contributed by atoms with Gasteiger partial charge in [0.15, 0.2) is 0 Å². The van der Waals surface area contributed by atoms with Crippen molar-refractivity contribution in [2.75, 3.05) is 13.7 Å². The minimum absolute atomic E-state index is 0.00172. The average molecular weight is 321 g/mol. The van der Waals surface area contributed by atoms with Gasteiger partial charge in [0.25, 0.3) is 0 Å². The third kappa shape index (κ3) is 3.19. The van der Waals surface area contributed by atoms with E-state index in [4.69, 9.17) is 9.47 Å². The first kappa shape index (κ1) is 17.4. The molecule has 4 heteroatoms. The molecule has 0 unspecified atom stereocenters. The summed E-state index contributed by atoms with van der Waals surface area (Å²) >= 11 is 0. The van der Waals surface area contributed by atoms with Crippen molar-refractivity contribution in [3.63, 3.8) is 0 Å². The summed E-state index contributed by atoms with van der Waals surface area (Å²) in [6, 6.07) is 10.6. The number of methoxy groups -OCH3 is 1. The molecule has 0 aliphatic carbocycles. The van der Waals surface area contributed by atoms with E-state index in [9.17, 15) is 4.79 Å². The summed E-state index contributed by atoms with van der Waals surface area (Å²) in [5.41, 5.74) is 0.250. The third-order valence-electron chi connectivity index (χ3n) is 5.02. The number of rotatable bonds is 6. The van der Waals surface area contributed by atoms with E-state index in [1.165, 1.54) is 5.19 Å². The Morgan fingerprint density at radius 1 is 1.27 bits per heavy atom. The molecule has 1 saturated heterocycles. The van der Waals surface area contributed by atoms with Crippen molar-refractivity contribution in [2.45, 2.75) is 44.7 Å². The van der Waals surface area contributed by atoms with Crippen molar-refractivity contribution in [2.24, 2.45) is 11.8 Å². The van der Waals surface area contributed by atoms with E-state index in [1.807, 2.05) is 6.07 Å². The Hall–Kier alpha value is -0.973. The highest BCUT2D eigenvalue weighted by Crippen LogP contribution is 2.45. The average Bonchev–Trinajstić information content (AvgIpc) is 2.88. The van der Waals surface area contributed by atoms with Crippen LogP contribution in [0.5, 0.6) is 0 Å². The number of carbonyl (C=O) groups excluding carboxylic acids is 1. The number of benzene rings is 1. The van der Waals surface area contributed by atoms with Crippen LogP contribution in [0.4, 0.5) is 0 Å². The predicted molar refractivity (Wildman–Crippen MR) is 92.2 cm³/mol. The van der Waals surface area contributed by atoms with Crippen LogP contribution in [0.3, 0.4) is 0 Å². The van der Waals surface area contributed by atoms with Gasteiger partial charge in [-0.2, -0.15) is 0 Å². The Balaban J connectivity index is 2.40. The molecule has 1 aliphatic rings. The fourth-order valence-electron chi connectivity index (χ4n) is 3.91. The van der Waals surface area contributed by atoms with Gasteiger partial charge in [-0.05, 0) is 11.5 Å². The maximum absolute atomic E-state index is 11.9. The first-order valence-electron chi connectivity index (χ1n) is 8.08. The number of aldehydes is 1. The van der Waals surface area contributed by atoms with Crippen molar-refractivity contribution < 1.29 is 14.3 Å². The van der Waals surface area contributed by atoms with Crippen molar-refractivity contribution in [1.29, 1.82) is 0 Å². The molecule has 1 aromatic carbocycles. The van der Waals surface area contributed by atoms with Gasteiger partial charge in [0, 0.05) is 13.0 Å². The Morgan fingerprint density at radius 2 is 1.91 bits per heavy atom. The molecule has 0 saturated carbocycles. The number of carbonyl (C=O) groups is 1. The van der Waals surface area contributed by atoms with Gasteiger partial charge in [0.05, 0.1) is 26.9 Å². The molecule has 3 nitrogen and oxygen atoms in total.